The van der Waals surface area contributed by atoms with Gasteiger partial charge >= 0.3 is 0 Å². The predicted molar refractivity (Wildman–Crippen MR) is 107 cm³/mol. The van der Waals surface area contributed by atoms with Crippen LogP contribution in [0.5, 0.6) is 0 Å². The van der Waals surface area contributed by atoms with Gasteiger partial charge in [0.1, 0.15) is 6.10 Å². The van der Waals surface area contributed by atoms with Crippen molar-refractivity contribution < 1.29 is 4.43 Å². The highest BCUT2D eigenvalue weighted by Gasteiger charge is 2.46. The molecule has 0 aromatic carbocycles. The summed E-state index contributed by atoms with van der Waals surface area (Å²) in [5.41, 5.74) is 4.35. The van der Waals surface area contributed by atoms with Gasteiger partial charge in [0.05, 0.1) is 0 Å². The fourth-order valence-corrected chi connectivity index (χ4v) is 9.07. The third-order valence-electron chi connectivity index (χ3n) is 4.73. The lowest BCUT2D eigenvalue weighted by Gasteiger charge is -2.43. The van der Waals surface area contributed by atoms with Gasteiger partial charge in [0.2, 0.25) is 8.32 Å². The Morgan fingerprint density at radius 3 is 1.83 bits per heavy atom. The first-order valence-corrected chi connectivity index (χ1v) is 11.2. The summed E-state index contributed by atoms with van der Waals surface area (Å²) in [7, 11) is -1.93. The van der Waals surface area contributed by atoms with Crippen LogP contribution in [0.3, 0.4) is 0 Å². The molecule has 132 valence electrons. The average Bonchev–Trinajstić information content (AvgIpc) is 2.41. The normalized spacial score (nSPS) is 14.3. The van der Waals surface area contributed by atoms with Gasteiger partial charge in [-0.15, -0.1) is 6.42 Å². The number of terminal acetylenes is 1. The van der Waals surface area contributed by atoms with E-state index in [2.05, 4.69) is 80.4 Å². The van der Waals surface area contributed by atoms with Crippen molar-refractivity contribution in [1.29, 1.82) is 0 Å². The summed E-state index contributed by atoms with van der Waals surface area (Å²) in [4.78, 5) is 0. The molecule has 0 aromatic rings. The Morgan fingerprint density at radius 2 is 1.48 bits per heavy atom. The van der Waals surface area contributed by atoms with Crippen LogP contribution in [-0.2, 0) is 4.43 Å². The van der Waals surface area contributed by atoms with Crippen LogP contribution in [0.1, 0.15) is 75.2 Å². The van der Waals surface area contributed by atoms with Gasteiger partial charge in [-0.3, -0.25) is 0 Å². The Hall–Kier alpha value is -0.783. The maximum atomic E-state index is 6.68. The molecule has 0 heterocycles. The maximum absolute atomic E-state index is 6.68. The molecule has 23 heavy (non-hydrogen) atoms. The zero-order valence-corrected chi connectivity index (χ0v) is 17.9. The number of hydrogen-bond donors (Lipinski definition) is 0. The van der Waals surface area contributed by atoms with Crippen LogP contribution < -0.4 is 0 Å². The maximum Gasteiger partial charge on any atom is 0.202 e. The molecule has 0 saturated carbocycles. The summed E-state index contributed by atoms with van der Waals surface area (Å²) in [5.74, 6) is 2.87. The zero-order chi connectivity index (χ0) is 18.2. The van der Waals surface area contributed by atoms with Crippen LogP contribution in [0.25, 0.3) is 0 Å². The Morgan fingerprint density at radius 1 is 1.00 bits per heavy atom. The van der Waals surface area contributed by atoms with E-state index in [4.69, 9.17) is 10.8 Å². The molecule has 0 saturated heterocycles. The molecule has 1 atom stereocenters. The molecule has 1 nitrogen and oxygen atoms in total. The lowest BCUT2D eigenvalue weighted by Crippen LogP contribution is -2.49. The molecule has 0 amide bonds. The largest absolute Gasteiger partial charge is 0.399 e. The topological polar surface area (TPSA) is 9.23 Å². The van der Waals surface area contributed by atoms with Gasteiger partial charge in [0.15, 0.2) is 0 Å². The van der Waals surface area contributed by atoms with Crippen molar-refractivity contribution in [1.82, 2.24) is 0 Å². The predicted octanol–water partition coefficient (Wildman–Crippen LogP) is 6.87. The molecule has 1 unspecified atom stereocenters. The van der Waals surface area contributed by atoms with Crippen LogP contribution in [0.2, 0.25) is 16.6 Å². The summed E-state index contributed by atoms with van der Waals surface area (Å²) in [6.45, 7) is 20.2. The Balaban J connectivity index is 5.23. The van der Waals surface area contributed by atoms with Gasteiger partial charge in [-0.1, -0.05) is 64.7 Å². The molecule has 0 radical (unpaired) electrons. The fraction of sp³-hybridized carbons (Fsp3) is 0.714. The molecule has 0 rings (SSSR count). The minimum absolute atomic E-state index is 0.194. The molecule has 0 spiro atoms. The summed E-state index contributed by atoms with van der Waals surface area (Å²) in [6.07, 6.45) is 12.2. The summed E-state index contributed by atoms with van der Waals surface area (Å²) in [6, 6.07) is 0. The quantitative estimate of drug-likeness (QED) is 0.254. The number of allylic oxidation sites excluding steroid dienone is 3. The van der Waals surface area contributed by atoms with Gasteiger partial charge in [-0.25, -0.2) is 0 Å². The van der Waals surface area contributed by atoms with Crippen molar-refractivity contribution in [2.75, 3.05) is 0 Å². The standard InChI is InChI=1S/C21H38OSi/c1-11-21(15-20(10)14-12-13-16(2)3)22-23(17(4)5,18(6)7)19(8)9/h1,13,15,17-19,21H,12,14H2,2-10H3/b20-15+. The monoisotopic (exact) mass is 334 g/mol. The first-order chi connectivity index (χ1) is 10.6. The zero-order valence-electron chi connectivity index (χ0n) is 16.9. The minimum Gasteiger partial charge on any atom is -0.399 e. The van der Waals surface area contributed by atoms with E-state index in [-0.39, 0.29) is 6.10 Å². The first-order valence-electron chi connectivity index (χ1n) is 9.02. The van der Waals surface area contributed by atoms with Gasteiger partial charge in [0.25, 0.3) is 0 Å². The van der Waals surface area contributed by atoms with E-state index in [1.54, 1.807) is 0 Å². The van der Waals surface area contributed by atoms with Crippen LogP contribution in [0.15, 0.2) is 23.3 Å². The summed E-state index contributed by atoms with van der Waals surface area (Å²) < 4.78 is 6.68. The fourth-order valence-electron chi connectivity index (χ4n) is 3.67. The number of rotatable bonds is 9. The van der Waals surface area contributed by atoms with E-state index in [1.807, 2.05) is 0 Å². The van der Waals surface area contributed by atoms with E-state index >= 15 is 0 Å². The number of hydrogen-bond acceptors (Lipinski definition) is 1. The van der Waals surface area contributed by atoms with Crippen molar-refractivity contribution in [3.8, 4) is 12.3 Å². The summed E-state index contributed by atoms with van der Waals surface area (Å²) >= 11 is 0. The molecular weight excluding hydrogens is 296 g/mol. The lowest BCUT2D eigenvalue weighted by molar-refractivity contribution is 0.264. The van der Waals surface area contributed by atoms with Crippen molar-refractivity contribution in [2.45, 2.75) is 97.9 Å². The van der Waals surface area contributed by atoms with Crippen LogP contribution in [0, 0.1) is 12.3 Å². The van der Waals surface area contributed by atoms with Crippen LogP contribution in [-0.4, -0.2) is 14.4 Å². The average molecular weight is 335 g/mol. The van der Waals surface area contributed by atoms with E-state index < -0.39 is 8.32 Å². The SMILES string of the molecule is C#CC(/C=C(\C)CCC=C(C)C)O[Si](C(C)C)(C(C)C)C(C)C. The molecule has 2 heteroatoms. The molecule has 0 fully saturated rings. The molecule has 0 N–H and O–H groups in total. The second-order valence-corrected chi connectivity index (χ2v) is 13.3. The van der Waals surface area contributed by atoms with Crippen molar-refractivity contribution >= 4 is 8.32 Å². The molecule has 0 aromatic heterocycles. The third kappa shape index (κ3) is 6.69. The second-order valence-electron chi connectivity index (χ2n) is 7.86. The van der Waals surface area contributed by atoms with E-state index in [9.17, 15) is 0 Å². The molecule has 0 aliphatic heterocycles. The minimum atomic E-state index is -1.93. The van der Waals surface area contributed by atoms with Gasteiger partial charge in [-0.2, -0.15) is 0 Å². The van der Waals surface area contributed by atoms with Crippen LogP contribution >= 0.6 is 0 Å². The lowest BCUT2D eigenvalue weighted by atomic mass is 10.1. The van der Waals surface area contributed by atoms with E-state index in [1.165, 1.54) is 11.1 Å². The molecule has 0 aliphatic rings. The van der Waals surface area contributed by atoms with Crippen molar-refractivity contribution in [2.24, 2.45) is 0 Å². The van der Waals surface area contributed by atoms with Crippen molar-refractivity contribution in [3.05, 3.63) is 23.3 Å². The Labute approximate surface area is 146 Å². The highest BCUT2D eigenvalue weighted by atomic mass is 28.4. The third-order valence-corrected chi connectivity index (χ3v) is 10.8. The Kier molecular flexibility index (Phi) is 9.81. The molecular formula is C21H38OSi. The van der Waals surface area contributed by atoms with Crippen LogP contribution in [0.4, 0.5) is 0 Å². The molecule has 0 bridgehead atoms. The highest BCUT2D eigenvalue weighted by Crippen LogP contribution is 2.43. The van der Waals surface area contributed by atoms with Crippen molar-refractivity contribution in [3.63, 3.8) is 0 Å². The van der Waals surface area contributed by atoms with Gasteiger partial charge < -0.3 is 4.43 Å². The van der Waals surface area contributed by atoms with Gasteiger partial charge in [-0.05, 0) is 56.3 Å². The first kappa shape index (κ1) is 22.2. The molecule has 0 aliphatic carbocycles. The highest BCUT2D eigenvalue weighted by molar-refractivity contribution is 6.77. The summed E-state index contributed by atoms with van der Waals surface area (Å²) in [5, 5.41) is 0. The second kappa shape index (κ2) is 10.2. The van der Waals surface area contributed by atoms with E-state index in [0.29, 0.717) is 16.6 Å². The van der Waals surface area contributed by atoms with E-state index in [0.717, 1.165) is 12.8 Å². The van der Waals surface area contributed by atoms with Gasteiger partial charge in [0, 0.05) is 0 Å². The smallest absolute Gasteiger partial charge is 0.202 e. The Bertz CT molecular complexity index is 423.